The zero-order valence-corrected chi connectivity index (χ0v) is 17.0. The van der Waals surface area contributed by atoms with Gasteiger partial charge in [0.05, 0.1) is 29.5 Å². The summed E-state index contributed by atoms with van der Waals surface area (Å²) in [4.78, 5) is 24.8. The molecule has 0 saturated carbocycles. The van der Waals surface area contributed by atoms with Crippen molar-refractivity contribution in [2.24, 2.45) is 0 Å². The molecule has 6 heteroatoms. The smallest absolute Gasteiger partial charge is 0.251 e. The molecule has 2 N–H and O–H groups in total. The van der Waals surface area contributed by atoms with Crippen LogP contribution in [0.5, 0.6) is 0 Å². The Morgan fingerprint density at radius 1 is 1.00 bits per heavy atom. The minimum atomic E-state index is -0.150. The molecule has 31 heavy (non-hydrogen) atoms. The van der Waals surface area contributed by atoms with Crippen molar-refractivity contribution in [3.05, 3.63) is 102 Å². The number of benzene rings is 3. The van der Waals surface area contributed by atoms with Crippen LogP contribution in [0.25, 0.3) is 28.1 Å². The summed E-state index contributed by atoms with van der Waals surface area (Å²) in [6.07, 6.45) is 3.53. The van der Waals surface area contributed by atoms with E-state index in [-0.39, 0.29) is 5.91 Å². The first-order chi connectivity index (χ1) is 15.2. The van der Waals surface area contributed by atoms with Gasteiger partial charge >= 0.3 is 0 Å². The number of hydrogen-bond acceptors (Lipinski definition) is 3. The van der Waals surface area contributed by atoms with E-state index >= 15 is 0 Å². The number of carbonyl (C=O) groups is 1. The molecule has 0 bridgehead atoms. The van der Waals surface area contributed by atoms with Crippen LogP contribution in [0.4, 0.5) is 0 Å². The minimum Gasteiger partial charge on any atom is -0.346 e. The SMILES string of the molecule is Cc1cccc(-n2cnc3cc(C(=O)NCc4cnc(-c5ccccc5)[nH]4)ccc32)c1. The molecule has 152 valence electrons. The van der Waals surface area contributed by atoms with Crippen molar-refractivity contribution in [3.63, 3.8) is 0 Å². The first-order valence-electron chi connectivity index (χ1n) is 10.1. The Balaban J connectivity index is 1.31. The van der Waals surface area contributed by atoms with Gasteiger partial charge < -0.3 is 10.3 Å². The number of hydrogen-bond donors (Lipinski definition) is 2. The van der Waals surface area contributed by atoms with Gasteiger partial charge in [-0.05, 0) is 42.8 Å². The van der Waals surface area contributed by atoms with Gasteiger partial charge in [-0.15, -0.1) is 0 Å². The molecule has 0 atom stereocenters. The van der Waals surface area contributed by atoms with Gasteiger partial charge in [-0.3, -0.25) is 9.36 Å². The lowest BCUT2D eigenvalue weighted by molar-refractivity contribution is 0.0950. The highest BCUT2D eigenvalue weighted by Crippen LogP contribution is 2.20. The van der Waals surface area contributed by atoms with Gasteiger partial charge in [0.15, 0.2) is 0 Å². The third-order valence-corrected chi connectivity index (χ3v) is 5.20. The first-order valence-corrected chi connectivity index (χ1v) is 10.1. The van der Waals surface area contributed by atoms with E-state index in [1.807, 2.05) is 65.2 Å². The number of rotatable bonds is 5. The van der Waals surface area contributed by atoms with Crippen molar-refractivity contribution in [3.8, 4) is 17.1 Å². The van der Waals surface area contributed by atoms with Gasteiger partial charge in [-0.25, -0.2) is 9.97 Å². The van der Waals surface area contributed by atoms with Crippen molar-refractivity contribution in [1.82, 2.24) is 24.8 Å². The molecule has 1 amide bonds. The predicted molar refractivity (Wildman–Crippen MR) is 121 cm³/mol. The van der Waals surface area contributed by atoms with E-state index in [4.69, 9.17) is 0 Å². The number of imidazole rings is 2. The molecule has 0 aliphatic carbocycles. The minimum absolute atomic E-state index is 0.150. The first kappa shape index (κ1) is 18.8. The second-order valence-corrected chi connectivity index (χ2v) is 7.46. The number of nitrogens with one attached hydrogen (secondary N) is 2. The largest absolute Gasteiger partial charge is 0.346 e. The maximum absolute atomic E-state index is 12.7. The Labute approximate surface area is 179 Å². The van der Waals surface area contributed by atoms with E-state index in [0.29, 0.717) is 12.1 Å². The average molecular weight is 407 g/mol. The lowest BCUT2D eigenvalue weighted by Gasteiger charge is -2.07. The fourth-order valence-electron chi connectivity index (χ4n) is 3.61. The summed E-state index contributed by atoms with van der Waals surface area (Å²) in [5.74, 6) is 0.635. The van der Waals surface area contributed by atoms with Crippen molar-refractivity contribution >= 4 is 16.9 Å². The van der Waals surface area contributed by atoms with Gasteiger partial charge in [0, 0.05) is 16.8 Å². The number of fused-ring (bicyclic) bond motifs is 1. The standard InChI is InChI=1S/C25H21N5O/c1-17-6-5-9-21(12-17)30-16-28-22-13-19(10-11-23(22)30)25(31)27-15-20-14-26-24(29-20)18-7-3-2-4-8-18/h2-14,16H,15H2,1H3,(H,26,29)(H,27,31). The number of H-pyrrole nitrogens is 1. The maximum Gasteiger partial charge on any atom is 0.251 e. The average Bonchev–Trinajstić information content (AvgIpc) is 3.45. The van der Waals surface area contributed by atoms with E-state index in [0.717, 1.165) is 33.8 Å². The topological polar surface area (TPSA) is 75.6 Å². The fourth-order valence-corrected chi connectivity index (χ4v) is 3.61. The van der Waals surface area contributed by atoms with Gasteiger partial charge in [0.2, 0.25) is 0 Å². The molecular weight excluding hydrogens is 386 g/mol. The highest BCUT2D eigenvalue weighted by atomic mass is 16.1. The van der Waals surface area contributed by atoms with E-state index in [9.17, 15) is 4.79 Å². The Bertz CT molecular complexity index is 1370. The van der Waals surface area contributed by atoms with Gasteiger partial charge in [-0.1, -0.05) is 42.5 Å². The summed E-state index contributed by atoms with van der Waals surface area (Å²) in [7, 11) is 0. The Kier molecular flexibility index (Phi) is 4.80. The Hall–Kier alpha value is -4.19. The molecule has 3 aromatic carbocycles. The fraction of sp³-hybridized carbons (Fsp3) is 0.0800. The molecule has 0 fully saturated rings. The van der Waals surface area contributed by atoms with Crippen LogP contribution in [-0.2, 0) is 6.54 Å². The zero-order chi connectivity index (χ0) is 21.2. The predicted octanol–water partition coefficient (Wildman–Crippen LogP) is 4.65. The number of carbonyl (C=O) groups excluding carboxylic acids is 1. The van der Waals surface area contributed by atoms with Crippen LogP contribution >= 0.6 is 0 Å². The lowest BCUT2D eigenvalue weighted by Crippen LogP contribution is -2.22. The summed E-state index contributed by atoms with van der Waals surface area (Å²) >= 11 is 0. The molecule has 0 unspecified atom stereocenters. The molecule has 6 nitrogen and oxygen atoms in total. The van der Waals surface area contributed by atoms with Crippen LogP contribution in [0, 0.1) is 6.92 Å². The summed E-state index contributed by atoms with van der Waals surface area (Å²) in [5.41, 5.74) is 6.40. The third-order valence-electron chi connectivity index (χ3n) is 5.20. The molecule has 5 aromatic rings. The number of nitrogens with zero attached hydrogens (tertiary/aromatic N) is 3. The van der Waals surface area contributed by atoms with Crippen molar-refractivity contribution < 1.29 is 4.79 Å². The van der Waals surface area contributed by atoms with Crippen LogP contribution in [0.15, 0.2) is 85.3 Å². The molecule has 0 saturated heterocycles. The number of aromatic nitrogens is 4. The molecule has 2 aromatic heterocycles. The maximum atomic E-state index is 12.7. The van der Waals surface area contributed by atoms with Crippen LogP contribution in [0.1, 0.15) is 21.6 Å². The second-order valence-electron chi connectivity index (χ2n) is 7.46. The number of amides is 1. The molecule has 0 aliphatic rings. The summed E-state index contributed by atoms with van der Waals surface area (Å²) < 4.78 is 2.03. The molecule has 0 radical (unpaired) electrons. The van der Waals surface area contributed by atoms with E-state index < -0.39 is 0 Å². The van der Waals surface area contributed by atoms with Crippen molar-refractivity contribution in [1.29, 1.82) is 0 Å². The summed E-state index contributed by atoms with van der Waals surface area (Å²) in [6, 6.07) is 23.7. The summed E-state index contributed by atoms with van der Waals surface area (Å²) in [5, 5.41) is 2.95. The number of aryl methyl sites for hydroxylation is 1. The second kappa shape index (κ2) is 7.91. The van der Waals surface area contributed by atoms with Crippen LogP contribution in [0.3, 0.4) is 0 Å². The van der Waals surface area contributed by atoms with E-state index in [2.05, 4.69) is 39.3 Å². The molecule has 0 spiro atoms. The Morgan fingerprint density at radius 2 is 1.87 bits per heavy atom. The summed E-state index contributed by atoms with van der Waals surface area (Å²) in [6.45, 7) is 2.43. The van der Waals surface area contributed by atoms with Crippen LogP contribution < -0.4 is 5.32 Å². The molecule has 2 heterocycles. The van der Waals surface area contributed by atoms with E-state index in [1.165, 1.54) is 5.56 Å². The lowest BCUT2D eigenvalue weighted by atomic mass is 10.1. The number of aromatic amines is 1. The van der Waals surface area contributed by atoms with Gasteiger partial charge in [0.25, 0.3) is 5.91 Å². The highest BCUT2D eigenvalue weighted by Gasteiger charge is 2.11. The van der Waals surface area contributed by atoms with Crippen LogP contribution in [0.2, 0.25) is 0 Å². The molecule has 0 aliphatic heterocycles. The zero-order valence-electron chi connectivity index (χ0n) is 17.0. The molecule has 5 rings (SSSR count). The monoisotopic (exact) mass is 407 g/mol. The van der Waals surface area contributed by atoms with Gasteiger partial charge in [0.1, 0.15) is 12.2 Å². The van der Waals surface area contributed by atoms with Crippen molar-refractivity contribution in [2.75, 3.05) is 0 Å². The van der Waals surface area contributed by atoms with E-state index in [1.54, 1.807) is 12.5 Å². The Morgan fingerprint density at radius 3 is 2.71 bits per heavy atom. The van der Waals surface area contributed by atoms with Crippen molar-refractivity contribution in [2.45, 2.75) is 13.5 Å². The normalized spacial score (nSPS) is 11.0. The third kappa shape index (κ3) is 3.83. The quantitative estimate of drug-likeness (QED) is 0.445. The highest BCUT2D eigenvalue weighted by molar-refractivity contribution is 5.97. The van der Waals surface area contributed by atoms with Crippen LogP contribution in [-0.4, -0.2) is 25.4 Å². The van der Waals surface area contributed by atoms with Gasteiger partial charge in [-0.2, -0.15) is 0 Å². The molecular formula is C25H21N5O.